The van der Waals surface area contributed by atoms with Crippen LogP contribution in [0.5, 0.6) is 0 Å². The van der Waals surface area contributed by atoms with E-state index in [9.17, 15) is 0 Å². The molecule has 0 radical (unpaired) electrons. The van der Waals surface area contributed by atoms with Crippen molar-refractivity contribution >= 4 is 16.9 Å². The molecule has 0 saturated heterocycles. The maximum absolute atomic E-state index is 3.14. The fourth-order valence-corrected chi connectivity index (χ4v) is 2.60. The molecule has 0 aliphatic carbocycles. The Labute approximate surface area is 112 Å². The Hall–Kier alpha value is -2.48. The minimum atomic E-state index is 0.933. The molecule has 1 N–H and O–H groups in total. The number of rotatable bonds is 2. The van der Waals surface area contributed by atoms with Crippen LogP contribution in [0.2, 0.25) is 0 Å². The monoisotopic (exact) mass is 246 g/mol. The molecule has 2 aliphatic heterocycles. The Morgan fingerprint density at radius 1 is 0.947 bits per heavy atom. The predicted octanol–water partition coefficient (Wildman–Crippen LogP) is 3.67. The van der Waals surface area contributed by atoms with Crippen molar-refractivity contribution in [3.63, 3.8) is 0 Å². The van der Waals surface area contributed by atoms with Crippen LogP contribution in [0.25, 0.3) is 5.57 Å². The molecule has 0 atom stereocenters. The zero-order chi connectivity index (χ0) is 12.7. The molecule has 0 bridgehead atoms. The van der Waals surface area contributed by atoms with Crippen LogP contribution < -0.4 is 10.2 Å². The van der Waals surface area contributed by atoms with Gasteiger partial charge in [0, 0.05) is 29.7 Å². The lowest BCUT2D eigenvalue weighted by Gasteiger charge is -2.18. The van der Waals surface area contributed by atoms with Gasteiger partial charge in [-0.1, -0.05) is 36.4 Å². The number of hydrogen-bond acceptors (Lipinski definition) is 2. The highest BCUT2D eigenvalue weighted by Gasteiger charge is 2.24. The molecule has 0 saturated carbocycles. The fraction of sp³-hybridized carbons (Fsp3) is 0.0588. The molecule has 2 aromatic carbocycles. The molecule has 4 rings (SSSR count). The Bertz CT molecular complexity index is 683. The molecule has 0 fully saturated rings. The lowest BCUT2D eigenvalue weighted by Crippen LogP contribution is -2.12. The van der Waals surface area contributed by atoms with Crippen molar-refractivity contribution in [2.75, 3.05) is 11.4 Å². The summed E-state index contributed by atoms with van der Waals surface area (Å²) in [6.45, 7) is 0.933. The molecule has 0 unspecified atom stereocenters. The van der Waals surface area contributed by atoms with Gasteiger partial charge < -0.3 is 10.2 Å². The van der Waals surface area contributed by atoms with Crippen molar-refractivity contribution in [3.8, 4) is 0 Å². The van der Waals surface area contributed by atoms with Gasteiger partial charge >= 0.3 is 0 Å². The van der Waals surface area contributed by atoms with Crippen LogP contribution in [0.3, 0.4) is 0 Å². The van der Waals surface area contributed by atoms with E-state index >= 15 is 0 Å². The molecule has 2 aromatic rings. The van der Waals surface area contributed by atoms with Crippen molar-refractivity contribution in [1.29, 1.82) is 0 Å². The van der Waals surface area contributed by atoms with Gasteiger partial charge in [-0.15, -0.1) is 0 Å². The number of anilines is 2. The van der Waals surface area contributed by atoms with Gasteiger partial charge in [-0.2, -0.15) is 0 Å². The Balaban J connectivity index is 1.81. The maximum atomic E-state index is 3.14. The molecule has 2 heteroatoms. The highest BCUT2D eigenvalue weighted by molar-refractivity contribution is 5.90. The zero-order valence-corrected chi connectivity index (χ0v) is 10.5. The normalized spacial score (nSPS) is 18.0. The molecule has 92 valence electrons. The molecule has 0 aromatic heterocycles. The molecule has 2 nitrogen and oxygen atoms in total. The first-order valence-electron chi connectivity index (χ1n) is 6.51. The summed E-state index contributed by atoms with van der Waals surface area (Å²) in [7, 11) is 0. The third kappa shape index (κ3) is 1.82. The van der Waals surface area contributed by atoms with Crippen LogP contribution in [-0.2, 0) is 0 Å². The van der Waals surface area contributed by atoms with Crippen LogP contribution in [0, 0.1) is 0 Å². The molecule has 2 heterocycles. The van der Waals surface area contributed by atoms with Crippen molar-refractivity contribution in [1.82, 2.24) is 5.32 Å². The summed E-state index contributed by atoms with van der Waals surface area (Å²) in [6.07, 6.45) is 4.27. The summed E-state index contributed by atoms with van der Waals surface area (Å²) >= 11 is 0. The summed E-state index contributed by atoms with van der Waals surface area (Å²) in [4.78, 5) is 2.37. The van der Waals surface area contributed by atoms with Crippen LogP contribution in [0.15, 0.2) is 72.6 Å². The van der Waals surface area contributed by atoms with E-state index in [1.165, 1.54) is 28.2 Å². The van der Waals surface area contributed by atoms with Crippen LogP contribution >= 0.6 is 0 Å². The predicted molar refractivity (Wildman–Crippen MR) is 79.1 cm³/mol. The second-order valence-electron chi connectivity index (χ2n) is 4.85. The molecular formula is C17H14N2. The number of fused-ring (bicyclic) bond motifs is 1. The first kappa shape index (κ1) is 10.4. The lowest BCUT2D eigenvalue weighted by molar-refractivity contribution is 1.16. The van der Waals surface area contributed by atoms with Crippen molar-refractivity contribution < 1.29 is 0 Å². The molecule has 0 amide bonds. The number of nitrogens with one attached hydrogen (secondary N) is 1. The number of para-hydroxylation sites is 2. The Morgan fingerprint density at radius 3 is 2.47 bits per heavy atom. The Morgan fingerprint density at radius 2 is 1.68 bits per heavy atom. The van der Waals surface area contributed by atoms with Gasteiger partial charge in [-0.3, -0.25) is 0 Å². The number of nitrogens with zero attached hydrogens (tertiary/aromatic N) is 1. The van der Waals surface area contributed by atoms with Gasteiger partial charge in [0.1, 0.15) is 0 Å². The number of benzene rings is 2. The van der Waals surface area contributed by atoms with Crippen molar-refractivity contribution in [3.05, 3.63) is 78.1 Å². The third-order valence-corrected chi connectivity index (χ3v) is 3.58. The fourth-order valence-electron chi connectivity index (χ4n) is 2.60. The highest BCUT2D eigenvalue weighted by Crippen LogP contribution is 2.40. The average Bonchev–Trinajstić information content (AvgIpc) is 3.21. The Kier molecular flexibility index (Phi) is 2.21. The summed E-state index contributed by atoms with van der Waals surface area (Å²) < 4.78 is 0. The SMILES string of the molecule is C1=C(/C=C2\CN(c3ccccc3)c3ccccc32)N1. The van der Waals surface area contributed by atoms with Gasteiger partial charge in [0.05, 0.1) is 5.70 Å². The molecular weight excluding hydrogens is 232 g/mol. The largest absolute Gasteiger partial charge is 0.359 e. The second-order valence-corrected chi connectivity index (χ2v) is 4.85. The van der Waals surface area contributed by atoms with Crippen LogP contribution in [0.4, 0.5) is 11.4 Å². The minimum absolute atomic E-state index is 0.933. The van der Waals surface area contributed by atoms with E-state index in [1.54, 1.807) is 0 Å². The van der Waals surface area contributed by atoms with Crippen molar-refractivity contribution in [2.45, 2.75) is 0 Å². The first-order chi connectivity index (χ1) is 9.42. The van der Waals surface area contributed by atoms with E-state index in [4.69, 9.17) is 0 Å². The molecule has 2 aliphatic rings. The number of allylic oxidation sites excluding steroid dienone is 1. The van der Waals surface area contributed by atoms with Crippen LogP contribution in [0.1, 0.15) is 5.56 Å². The smallest absolute Gasteiger partial charge is 0.0547 e. The summed E-state index contributed by atoms with van der Waals surface area (Å²) in [5.74, 6) is 0. The van der Waals surface area contributed by atoms with E-state index in [-0.39, 0.29) is 0 Å². The third-order valence-electron chi connectivity index (χ3n) is 3.58. The minimum Gasteiger partial charge on any atom is -0.359 e. The van der Waals surface area contributed by atoms with E-state index in [0.717, 1.165) is 6.54 Å². The number of hydrogen-bond donors (Lipinski definition) is 1. The zero-order valence-electron chi connectivity index (χ0n) is 10.5. The van der Waals surface area contributed by atoms with Gasteiger partial charge in [0.15, 0.2) is 0 Å². The van der Waals surface area contributed by atoms with E-state index in [2.05, 4.69) is 70.9 Å². The molecule has 0 spiro atoms. The molecule has 19 heavy (non-hydrogen) atoms. The van der Waals surface area contributed by atoms with Gasteiger partial charge in [-0.05, 0) is 29.8 Å². The highest BCUT2D eigenvalue weighted by atomic mass is 15.2. The van der Waals surface area contributed by atoms with Gasteiger partial charge in [0.2, 0.25) is 0 Å². The van der Waals surface area contributed by atoms with Crippen molar-refractivity contribution in [2.24, 2.45) is 0 Å². The van der Waals surface area contributed by atoms with E-state index < -0.39 is 0 Å². The van der Waals surface area contributed by atoms with E-state index in [0.29, 0.717) is 0 Å². The van der Waals surface area contributed by atoms with E-state index in [1.807, 2.05) is 6.20 Å². The summed E-state index contributed by atoms with van der Waals surface area (Å²) in [5, 5.41) is 3.14. The standard InChI is InChI=1S/C17H14N2/c1-2-6-15(7-3-1)19-12-13(10-14-11-18-14)16-8-4-5-9-17(16)19/h1-11,18H,12H2/b13-10+. The summed E-state index contributed by atoms with van der Waals surface area (Å²) in [5.41, 5.74) is 6.47. The quantitative estimate of drug-likeness (QED) is 0.874. The maximum Gasteiger partial charge on any atom is 0.0547 e. The van der Waals surface area contributed by atoms with Crippen LogP contribution in [-0.4, -0.2) is 6.54 Å². The second kappa shape index (κ2) is 4.02. The lowest BCUT2D eigenvalue weighted by atomic mass is 10.1. The first-order valence-corrected chi connectivity index (χ1v) is 6.51. The average molecular weight is 246 g/mol. The van der Waals surface area contributed by atoms with Gasteiger partial charge in [-0.25, -0.2) is 0 Å². The topological polar surface area (TPSA) is 25.2 Å². The summed E-state index contributed by atoms with van der Waals surface area (Å²) in [6, 6.07) is 19.2. The van der Waals surface area contributed by atoms with Gasteiger partial charge in [0.25, 0.3) is 0 Å².